The van der Waals surface area contributed by atoms with Crippen LogP contribution < -0.4 is 11.1 Å². The molecule has 1 rings (SSSR count). The number of thiazole rings is 1. The van der Waals surface area contributed by atoms with Gasteiger partial charge in [0, 0.05) is 19.9 Å². The van der Waals surface area contributed by atoms with Gasteiger partial charge in [0.2, 0.25) is 5.91 Å². The van der Waals surface area contributed by atoms with Crippen LogP contribution in [0.3, 0.4) is 0 Å². The number of hydrogen-bond donors (Lipinski definition) is 2. The molecule has 0 spiro atoms. The van der Waals surface area contributed by atoms with Crippen LogP contribution in [0, 0.1) is 0 Å². The van der Waals surface area contributed by atoms with Gasteiger partial charge in [0.05, 0.1) is 11.1 Å². The molecule has 0 aromatic carbocycles. The Labute approximate surface area is 85.3 Å². The van der Waals surface area contributed by atoms with Crippen LogP contribution in [0.1, 0.15) is 23.0 Å². The monoisotopic (exact) mass is 213 g/mol. The first-order valence-corrected chi connectivity index (χ1v) is 4.92. The number of rotatable bonds is 4. The highest BCUT2D eigenvalue weighted by molar-refractivity contribution is 7.17. The normalized spacial score (nSPS) is 9.86. The minimum Gasteiger partial charge on any atom is -0.330 e. The smallest absolute Gasteiger partial charge is 0.227 e. The molecule has 0 aliphatic rings. The van der Waals surface area contributed by atoms with Crippen molar-refractivity contribution in [1.29, 1.82) is 0 Å². The molecule has 6 heteroatoms. The summed E-state index contributed by atoms with van der Waals surface area (Å²) < 4.78 is 0. The molecule has 0 fully saturated rings. The number of aromatic nitrogens is 1. The number of Topliss-reactive ketones (excluding diaryl/α,β-unsaturated/α-hetero) is 1. The van der Waals surface area contributed by atoms with Crippen LogP contribution in [0.2, 0.25) is 0 Å². The molecule has 14 heavy (non-hydrogen) atoms. The Morgan fingerprint density at radius 2 is 2.36 bits per heavy atom. The van der Waals surface area contributed by atoms with E-state index in [1.807, 2.05) is 0 Å². The maximum absolute atomic E-state index is 11.1. The van der Waals surface area contributed by atoms with E-state index in [2.05, 4.69) is 10.3 Å². The average molecular weight is 213 g/mol. The number of ketones is 1. The van der Waals surface area contributed by atoms with Crippen molar-refractivity contribution in [3.05, 3.63) is 11.1 Å². The van der Waals surface area contributed by atoms with Gasteiger partial charge in [-0.25, -0.2) is 4.98 Å². The second kappa shape index (κ2) is 4.83. The number of amides is 1. The molecular weight excluding hydrogens is 202 g/mol. The van der Waals surface area contributed by atoms with Gasteiger partial charge in [-0.05, 0) is 0 Å². The first-order chi connectivity index (χ1) is 6.63. The summed E-state index contributed by atoms with van der Waals surface area (Å²) in [5, 5.41) is 2.99. The van der Waals surface area contributed by atoms with Gasteiger partial charge in [-0.15, -0.1) is 0 Å². The zero-order valence-corrected chi connectivity index (χ0v) is 8.56. The lowest BCUT2D eigenvalue weighted by Crippen LogP contribution is -2.15. The predicted molar refractivity (Wildman–Crippen MR) is 54.4 cm³/mol. The van der Waals surface area contributed by atoms with E-state index in [0.717, 1.165) is 11.3 Å². The third kappa shape index (κ3) is 2.90. The lowest BCUT2D eigenvalue weighted by atomic mass is 10.4. The summed E-state index contributed by atoms with van der Waals surface area (Å²) in [5.41, 5.74) is 5.20. The van der Waals surface area contributed by atoms with Gasteiger partial charge in [0.25, 0.3) is 0 Å². The first kappa shape index (κ1) is 10.8. The quantitative estimate of drug-likeness (QED) is 0.718. The molecule has 0 aliphatic heterocycles. The Morgan fingerprint density at radius 3 is 2.86 bits per heavy atom. The topological polar surface area (TPSA) is 85.1 Å². The molecule has 1 heterocycles. The first-order valence-electron chi connectivity index (χ1n) is 4.10. The molecule has 3 N–H and O–H groups in total. The van der Waals surface area contributed by atoms with Crippen molar-refractivity contribution in [3.63, 3.8) is 0 Å². The van der Waals surface area contributed by atoms with Crippen molar-refractivity contribution < 1.29 is 9.59 Å². The van der Waals surface area contributed by atoms with Gasteiger partial charge < -0.3 is 11.1 Å². The Bertz CT molecular complexity index is 348. The van der Waals surface area contributed by atoms with Gasteiger partial charge in [0.1, 0.15) is 0 Å². The SMILES string of the molecule is CC(=O)c1cnc(NC(=O)CCN)s1. The fraction of sp³-hybridized carbons (Fsp3) is 0.375. The maximum atomic E-state index is 11.1. The molecule has 0 aliphatic carbocycles. The second-order valence-electron chi connectivity index (χ2n) is 2.67. The van der Waals surface area contributed by atoms with E-state index >= 15 is 0 Å². The van der Waals surface area contributed by atoms with Crippen molar-refractivity contribution in [3.8, 4) is 0 Å². The van der Waals surface area contributed by atoms with Crippen molar-refractivity contribution in [2.45, 2.75) is 13.3 Å². The summed E-state index contributed by atoms with van der Waals surface area (Å²) in [6.45, 7) is 1.76. The van der Waals surface area contributed by atoms with Crippen molar-refractivity contribution in [2.75, 3.05) is 11.9 Å². The minimum atomic E-state index is -0.183. The van der Waals surface area contributed by atoms with E-state index in [-0.39, 0.29) is 18.1 Å². The third-order valence-corrected chi connectivity index (χ3v) is 2.48. The van der Waals surface area contributed by atoms with Crippen LogP contribution in [0.5, 0.6) is 0 Å². The van der Waals surface area contributed by atoms with E-state index in [0.29, 0.717) is 16.6 Å². The molecule has 0 radical (unpaired) electrons. The highest BCUT2D eigenvalue weighted by Crippen LogP contribution is 2.18. The van der Waals surface area contributed by atoms with Crippen molar-refractivity contribution >= 4 is 28.2 Å². The number of hydrogen-bond acceptors (Lipinski definition) is 5. The molecule has 0 saturated heterocycles. The molecule has 1 amide bonds. The van der Waals surface area contributed by atoms with Crippen molar-refractivity contribution in [1.82, 2.24) is 4.98 Å². The number of nitrogens with one attached hydrogen (secondary N) is 1. The molecule has 0 bridgehead atoms. The number of nitrogens with two attached hydrogens (primary N) is 1. The summed E-state index contributed by atoms with van der Waals surface area (Å²) in [4.78, 5) is 26.4. The predicted octanol–water partition coefficient (Wildman–Crippen LogP) is 0.633. The summed E-state index contributed by atoms with van der Waals surface area (Å²) in [6, 6.07) is 0. The molecular formula is C8H11N3O2S. The summed E-state index contributed by atoms with van der Waals surface area (Å²) >= 11 is 1.16. The van der Waals surface area contributed by atoms with Gasteiger partial charge in [0.15, 0.2) is 10.9 Å². The summed E-state index contributed by atoms with van der Waals surface area (Å²) in [7, 11) is 0. The number of carbonyl (C=O) groups is 2. The van der Waals surface area contributed by atoms with Crippen molar-refractivity contribution in [2.24, 2.45) is 5.73 Å². The van der Waals surface area contributed by atoms with Gasteiger partial charge in [-0.2, -0.15) is 0 Å². The van der Waals surface area contributed by atoms with Gasteiger partial charge in [-0.3, -0.25) is 9.59 Å². The Hall–Kier alpha value is -1.27. The van der Waals surface area contributed by atoms with E-state index in [1.165, 1.54) is 13.1 Å². The molecule has 0 saturated carbocycles. The molecule has 0 atom stereocenters. The molecule has 1 aromatic rings. The number of anilines is 1. The highest BCUT2D eigenvalue weighted by atomic mass is 32.1. The Kier molecular flexibility index (Phi) is 3.73. The minimum absolute atomic E-state index is 0.0539. The van der Waals surface area contributed by atoms with Crippen LogP contribution in [-0.4, -0.2) is 23.2 Å². The Balaban J connectivity index is 2.59. The lowest BCUT2D eigenvalue weighted by Gasteiger charge is -1.97. The van der Waals surface area contributed by atoms with Crippen LogP contribution in [0.4, 0.5) is 5.13 Å². The third-order valence-electron chi connectivity index (χ3n) is 1.47. The fourth-order valence-electron chi connectivity index (χ4n) is 0.808. The summed E-state index contributed by atoms with van der Waals surface area (Å²) in [6.07, 6.45) is 1.71. The fourth-order valence-corrected chi connectivity index (χ4v) is 1.54. The molecule has 5 nitrogen and oxygen atoms in total. The van der Waals surface area contributed by atoms with Gasteiger partial charge in [-0.1, -0.05) is 11.3 Å². The van der Waals surface area contributed by atoms with Crippen LogP contribution in [0.15, 0.2) is 6.20 Å². The largest absolute Gasteiger partial charge is 0.330 e. The number of nitrogens with zero attached hydrogens (tertiary/aromatic N) is 1. The molecule has 0 unspecified atom stereocenters. The maximum Gasteiger partial charge on any atom is 0.227 e. The van der Waals surface area contributed by atoms with Crippen LogP contribution in [0.25, 0.3) is 0 Å². The summed E-state index contributed by atoms with van der Waals surface area (Å²) in [5.74, 6) is -0.237. The molecule has 76 valence electrons. The highest BCUT2D eigenvalue weighted by Gasteiger charge is 2.07. The Morgan fingerprint density at radius 1 is 1.64 bits per heavy atom. The van der Waals surface area contributed by atoms with Gasteiger partial charge >= 0.3 is 0 Å². The lowest BCUT2D eigenvalue weighted by molar-refractivity contribution is -0.116. The average Bonchev–Trinajstić information content (AvgIpc) is 2.53. The zero-order chi connectivity index (χ0) is 10.6. The molecule has 1 aromatic heterocycles. The second-order valence-corrected chi connectivity index (χ2v) is 3.70. The van der Waals surface area contributed by atoms with E-state index in [1.54, 1.807) is 0 Å². The van der Waals surface area contributed by atoms with E-state index < -0.39 is 0 Å². The standard InChI is InChI=1S/C8H11N3O2S/c1-5(12)6-4-10-8(14-6)11-7(13)2-3-9/h4H,2-3,9H2,1H3,(H,10,11,13). The van der Waals surface area contributed by atoms with E-state index in [9.17, 15) is 9.59 Å². The van der Waals surface area contributed by atoms with Crippen LogP contribution in [-0.2, 0) is 4.79 Å². The van der Waals surface area contributed by atoms with E-state index in [4.69, 9.17) is 5.73 Å². The van der Waals surface area contributed by atoms with Crippen LogP contribution >= 0.6 is 11.3 Å². The number of carbonyl (C=O) groups excluding carboxylic acids is 2. The zero-order valence-electron chi connectivity index (χ0n) is 7.74.